The monoisotopic (exact) mass is 235 g/mol. The van der Waals surface area contributed by atoms with E-state index in [2.05, 4.69) is 0 Å². The highest BCUT2D eigenvalue weighted by Crippen LogP contribution is 2.56. The van der Waals surface area contributed by atoms with Crippen LogP contribution in [0.15, 0.2) is 0 Å². The van der Waals surface area contributed by atoms with Crippen molar-refractivity contribution in [3.8, 4) is 0 Å². The van der Waals surface area contributed by atoms with Gasteiger partial charge in [-0.3, -0.25) is 9.59 Å². The third-order valence-corrected chi connectivity index (χ3v) is 5.38. The predicted octanol–water partition coefficient (Wildman–Crippen LogP) is -2.10. The number of hydrogen-bond acceptors (Lipinski definition) is 5. The van der Waals surface area contributed by atoms with Crippen molar-refractivity contribution >= 4 is 21.8 Å². The first-order valence-electron chi connectivity index (χ1n) is 4.18. The van der Waals surface area contributed by atoms with Crippen LogP contribution in [-0.4, -0.2) is 47.1 Å². The summed E-state index contributed by atoms with van der Waals surface area (Å²) in [7, 11) is -3.68. The molecule has 0 amide bonds. The quantitative estimate of drug-likeness (QED) is 0.498. The third kappa shape index (κ3) is 1.11. The fourth-order valence-corrected chi connectivity index (χ4v) is 5.04. The Labute approximate surface area is 84.8 Å². The van der Waals surface area contributed by atoms with E-state index in [9.17, 15) is 18.0 Å². The predicted molar refractivity (Wildman–Crippen MR) is 46.7 cm³/mol. The van der Waals surface area contributed by atoms with Crippen molar-refractivity contribution in [3.05, 3.63) is 0 Å². The lowest BCUT2D eigenvalue weighted by Crippen LogP contribution is -2.53. The molecule has 2 fully saturated rings. The minimum absolute atomic E-state index is 0.672. The molecule has 15 heavy (non-hydrogen) atoms. The fraction of sp³-hybridized carbons (Fsp3) is 0.714. The Hall–Kier alpha value is -1.15. The van der Waals surface area contributed by atoms with Gasteiger partial charge in [0.1, 0.15) is 5.54 Å². The van der Waals surface area contributed by atoms with Crippen molar-refractivity contribution < 1.29 is 28.2 Å². The fourth-order valence-electron chi connectivity index (χ4n) is 2.37. The molecule has 4 atom stereocenters. The van der Waals surface area contributed by atoms with E-state index in [1.165, 1.54) is 0 Å². The number of rotatable bonds is 2. The molecular formula is C7H9NO6S. The summed E-state index contributed by atoms with van der Waals surface area (Å²) in [5.41, 5.74) is 3.51. The molecule has 0 aromatic rings. The summed E-state index contributed by atoms with van der Waals surface area (Å²) < 4.78 is 22.9. The van der Waals surface area contributed by atoms with E-state index < -0.39 is 50.2 Å². The van der Waals surface area contributed by atoms with Gasteiger partial charge in [-0.25, -0.2) is 8.42 Å². The van der Waals surface area contributed by atoms with E-state index in [0.29, 0.717) is 0 Å². The van der Waals surface area contributed by atoms with Gasteiger partial charge in [0.2, 0.25) is 0 Å². The van der Waals surface area contributed by atoms with E-state index in [4.69, 9.17) is 15.9 Å². The minimum atomic E-state index is -3.68. The Bertz CT molecular complexity index is 456. The normalized spacial score (nSPS) is 45.8. The number of carboxylic acids is 2. The van der Waals surface area contributed by atoms with Gasteiger partial charge >= 0.3 is 11.9 Å². The Balaban J connectivity index is 2.44. The van der Waals surface area contributed by atoms with Crippen molar-refractivity contribution in [1.82, 2.24) is 0 Å². The molecule has 3 unspecified atom stereocenters. The number of carboxylic acid groups (broad SMARTS) is 2. The molecule has 2 rings (SSSR count). The summed E-state index contributed by atoms with van der Waals surface area (Å²) in [5.74, 6) is -5.58. The molecule has 0 spiro atoms. The maximum absolute atomic E-state index is 11.4. The molecule has 1 saturated carbocycles. The molecule has 0 aromatic heterocycles. The highest BCUT2D eigenvalue weighted by Gasteiger charge is 2.77. The second-order valence-electron chi connectivity index (χ2n) is 4.01. The number of aliphatic carboxylic acids is 2. The van der Waals surface area contributed by atoms with Gasteiger partial charge in [-0.1, -0.05) is 0 Å². The summed E-state index contributed by atoms with van der Waals surface area (Å²) in [6.07, 6.45) is 0. The Morgan fingerprint density at radius 1 is 1.33 bits per heavy atom. The SMILES string of the molecule is N[C@@]1(C(=O)O)CS(=O)(=O)C2C(C(=O)O)C21. The molecular weight excluding hydrogens is 226 g/mol. The van der Waals surface area contributed by atoms with Gasteiger partial charge in [0, 0.05) is 5.92 Å². The lowest BCUT2D eigenvalue weighted by Gasteiger charge is -2.19. The van der Waals surface area contributed by atoms with Gasteiger partial charge in [-0.15, -0.1) is 0 Å². The standard InChI is InChI=1S/C7H9NO6S/c8-7(6(11)12)1-15(13,14)4-2(3(4)7)5(9)10/h2-4H,1,8H2,(H,9,10)(H,11,12)/t2?,3?,4?,7-/m0/s1. The number of sulfone groups is 1. The smallest absolute Gasteiger partial charge is 0.325 e. The summed E-state index contributed by atoms with van der Waals surface area (Å²) in [4.78, 5) is 21.5. The van der Waals surface area contributed by atoms with Crippen molar-refractivity contribution in [2.45, 2.75) is 10.8 Å². The van der Waals surface area contributed by atoms with Crippen molar-refractivity contribution in [1.29, 1.82) is 0 Å². The van der Waals surface area contributed by atoms with Crippen molar-refractivity contribution in [3.63, 3.8) is 0 Å². The first-order chi connectivity index (χ1) is 6.72. The zero-order valence-electron chi connectivity index (χ0n) is 7.45. The van der Waals surface area contributed by atoms with Gasteiger partial charge in [0.25, 0.3) is 0 Å². The molecule has 8 heteroatoms. The van der Waals surface area contributed by atoms with E-state index in [0.717, 1.165) is 0 Å². The van der Waals surface area contributed by atoms with Gasteiger partial charge in [-0.05, 0) is 0 Å². The van der Waals surface area contributed by atoms with Gasteiger partial charge in [0.05, 0.1) is 16.9 Å². The Morgan fingerprint density at radius 3 is 2.20 bits per heavy atom. The Morgan fingerprint density at radius 2 is 1.87 bits per heavy atom. The van der Waals surface area contributed by atoms with Crippen LogP contribution in [0, 0.1) is 11.8 Å². The average Bonchev–Trinajstić information content (AvgIpc) is 2.72. The molecule has 7 nitrogen and oxygen atoms in total. The summed E-state index contributed by atoms with van der Waals surface area (Å²) in [6, 6.07) is 0. The van der Waals surface area contributed by atoms with Crippen LogP contribution in [0.5, 0.6) is 0 Å². The molecule has 84 valence electrons. The van der Waals surface area contributed by atoms with Crippen LogP contribution in [0.3, 0.4) is 0 Å². The molecule has 0 aromatic carbocycles. The van der Waals surface area contributed by atoms with Crippen molar-refractivity contribution in [2.75, 3.05) is 5.75 Å². The lowest BCUT2D eigenvalue weighted by molar-refractivity contribution is -0.144. The molecule has 4 N–H and O–H groups in total. The first-order valence-corrected chi connectivity index (χ1v) is 5.90. The summed E-state index contributed by atoms with van der Waals surface area (Å²) >= 11 is 0. The number of hydrogen-bond donors (Lipinski definition) is 3. The molecule has 1 heterocycles. The first kappa shape index (κ1) is 10.4. The molecule has 1 aliphatic carbocycles. The lowest BCUT2D eigenvalue weighted by atomic mass is 9.96. The zero-order chi connectivity index (χ0) is 11.6. The second kappa shape index (κ2) is 2.50. The van der Waals surface area contributed by atoms with Crippen LogP contribution in [-0.2, 0) is 19.4 Å². The van der Waals surface area contributed by atoms with E-state index in [1.807, 2.05) is 0 Å². The highest BCUT2D eigenvalue weighted by atomic mass is 32.2. The van der Waals surface area contributed by atoms with Gasteiger partial charge in [0.15, 0.2) is 9.84 Å². The molecule has 0 bridgehead atoms. The highest BCUT2D eigenvalue weighted by molar-refractivity contribution is 7.92. The van der Waals surface area contributed by atoms with Crippen LogP contribution in [0.2, 0.25) is 0 Å². The topological polar surface area (TPSA) is 135 Å². The Kier molecular flexibility index (Phi) is 1.73. The molecule has 1 saturated heterocycles. The minimum Gasteiger partial charge on any atom is -0.481 e. The van der Waals surface area contributed by atoms with Crippen LogP contribution >= 0.6 is 0 Å². The average molecular weight is 235 g/mol. The number of nitrogens with two attached hydrogens (primary N) is 1. The second-order valence-corrected chi connectivity index (χ2v) is 6.17. The number of carbonyl (C=O) groups is 2. The zero-order valence-corrected chi connectivity index (χ0v) is 8.27. The maximum atomic E-state index is 11.4. The van der Waals surface area contributed by atoms with Crippen LogP contribution < -0.4 is 5.73 Å². The van der Waals surface area contributed by atoms with E-state index in [1.54, 1.807) is 0 Å². The largest absolute Gasteiger partial charge is 0.481 e. The van der Waals surface area contributed by atoms with Crippen molar-refractivity contribution in [2.24, 2.45) is 17.6 Å². The molecule has 2 aliphatic rings. The maximum Gasteiger partial charge on any atom is 0.325 e. The van der Waals surface area contributed by atoms with E-state index >= 15 is 0 Å². The molecule has 1 aliphatic heterocycles. The van der Waals surface area contributed by atoms with Crippen LogP contribution in [0.1, 0.15) is 0 Å². The number of fused-ring (bicyclic) bond motifs is 1. The van der Waals surface area contributed by atoms with E-state index in [-0.39, 0.29) is 0 Å². The molecule has 0 radical (unpaired) electrons. The van der Waals surface area contributed by atoms with Crippen LogP contribution in [0.4, 0.5) is 0 Å². The third-order valence-electron chi connectivity index (χ3n) is 3.09. The van der Waals surface area contributed by atoms with Gasteiger partial charge in [-0.2, -0.15) is 0 Å². The summed E-state index contributed by atoms with van der Waals surface area (Å²) in [5, 5.41) is 16.4. The summed E-state index contributed by atoms with van der Waals surface area (Å²) in [6.45, 7) is 0. The van der Waals surface area contributed by atoms with Gasteiger partial charge < -0.3 is 15.9 Å². The van der Waals surface area contributed by atoms with Crippen LogP contribution in [0.25, 0.3) is 0 Å².